The van der Waals surface area contributed by atoms with Crippen LogP contribution < -0.4 is 0 Å². The van der Waals surface area contributed by atoms with E-state index >= 15 is 0 Å². The van der Waals surface area contributed by atoms with Crippen LogP contribution in [0.1, 0.15) is 356 Å². The highest BCUT2D eigenvalue weighted by Gasteiger charge is 2.19. The Bertz CT molecular complexity index is 1090. The van der Waals surface area contributed by atoms with Crippen LogP contribution in [-0.2, 0) is 28.6 Å². The lowest BCUT2D eigenvalue weighted by Crippen LogP contribution is -2.30. The standard InChI is InChI=1S/C64H124O6/c1-7-60(6)52-46-40-34-28-21-17-14-15-18-22-29-35-41-47-53-62(65)68-56-61(57-69-63(66)54-48-42-36-30-25-24-27-33-39-45-51-59(4)5)70-64(67)55-49-43-37-31-23-19-13-11-9-8-10-12-16-20-26-32-38-44-50-58(2)3/h58-61H,7-57H2,1-6H3/t60?,61-/m0/s1. The molecule has 0 rings (SSSR count). The zero-order valence-corrected chi connectivity index (χ0v) is 48.3. The van der Waals surface area contributed by atoms with Crippen LogP contribution >= 0.6 is 0 Å². The number of unbranched alkanes of at least 4 members (excludes halogenated alkanes) is 39. The van der Waals surface area contributed by atoms with Gasteiger partial charge in [-0.2, -0.15) is 0 Å². The molecule has 0 radical (unpaired) electrons. The van der Waals surface area contributed by atoms with Crippen molar-refractivity contribution in [2.45, 2.75) is 362 Å². The van der Waals surface area contributed by atoms with Gasteiger partial charge >= 0.3 is 17.9 Å². The molecule has 1 unspecified atom stereocenters. The summed E-state index contributed by atoms with van der Waals surface area (Å²) in [4.78, 5) is 38.3. The normalized spacial score (nSPS) is 12.5. The SMILES string of the molecule is CCC(C)CCCCCCCCCCCCCCCCC(=O)OC[C@@H](COC(=O)CCCCCCCCCCCCC(C)C)OC(=O)CCCCCCCCCCCCCCCCCCCCC(C)C. The summed E-state index contributed by atoms with van der Waals surface area (Å²) >= 11 is 0. The smallest absolute Gasteiger partial charge is 0.306 e. The quantitative estimate of drug-likeness (QED) is 0.0343. The number of esters is 3. The Morgan fingerprint density at radius 1 is 0.286 bits per heavy atom. The van der Waals surface area contributed by atoms with Gasteiger partial charge in [-0.1, -0.05) is 318 Å². The van der Waals surface area contributed by atoms with Gasteiger partial charge in [0.1, 0.15) is 13.2 Å². The summed E-state index contributed by atoms with van der Waals surface area (Å²) in [6.07, 6.45) is 59.6. The van der Waals surface area contributed by atoms with Crippen LogP contribution in [0.25, 0.3) is 0 Å². The van der Waals surface area contributed by atoms with Crippen LogP contribution in [0.5, 0.6) is 0 Å². The zero-order valence-electron chi connectivity index (χ0n) is 48.3. The predicted molar refractivity (Wildman–Crippen MR) is 303 cm³/mol. The van der Waals surface area contributed by atoms with Crippen LogP contribution in [-0.4, -0.2) is 37.2 Å². The summed E-state index contributed by atoms with van der Waals surface area (Å²) in [5.74, 6) is 1.73. The van der Waals surface area contributed by atoms with Gasteiger partial charge in [-0.05, 0) is 37.0 Å². The molecule has 0 saturated heterocycles. The Balaban J connectivity index is 4.27. The lowest BCUT2D eigenvalue weighted by atomic mass is 9.99. The average molecular weight is 990 g/mol. The van der Waals surface area contributed by atoms with E-state index in [1.807, 2.05) is 0 Å². The molecular formula is C64H124O6. The van der Waals surface area contributed by atoms with Crippen LogP contribution in [0.15, 0.2) is 0 Å². The number of carbonyl (C=O) groups is 3. The highest BCUT2D eigenvalue weighted by Crippen LogP contribution is 2.19. The summed E-state index contributed by atoms with van der Waals surface area (Å²) in [5.41, 5.74) is 0. The zero-order chi connectivity index (χ0) is 51.2. The van der Waals surface area contributed by atoms with Crippen LogP contribution in [0.2, 0.25) is 0 Å². The Morgan fingerprint density at radius 2 is 0.500 bits per heavy atom. The van der Waals surface area contributed by atoms with Gasteiger partial charge in [-0.3, -0.25) is 14.4 Å². The lowest BCUT2D eigenvalue weighted by molar-refractivity contribution is -0.167. The largest absolute Gasteiger partial charge is 0.462 e. The van der Waals surface area contributed by atoms with Crippen molar-refractivity contribution in [3.8, 4) is 0 Å². The van der Waals surface area contributed by atoms with E-state index in [2.05, 4.69) is 41.5 Å². The van der Waals surface area contributed by atoms with E-state index in [9.17, 15) is 14.4 Å². The average Bonchev–Trinajstić information content (AvgIpc) is 3.33. The number of hydrogen-bond acceptors (Lipinski definition) is 6. The molecule has 0 aromatic heterocycles. The third kappa shape index (κ3) is 55.7. The van der Waals surface area contributed by atoms with Gasteiger partial charge in [-0.15, -0.1) is 0 Å². The molecule has 0 aromatic rings. The van der Waals surface area contributed by atoms with E-state index < -0.39 is 6.10 Å². The van der Waals surface area contributed by atoms with Gasteiger partial charge in [-0.25, -0.2) is 0 Å². The first-order valence-corrected chi connectivity index (χ1v) is 31.6. The minimum Gasteiger partial charge on any atom is -0.462 e. The fourth-order valence-corrected chi connectivity index (χ4v) is 9.85. The third-order valence-corrected chi connectivity index (χ3v) is 15.0. The molecule has 70 heavy (non-hydrogen) atoms. The molecule has 0 fully saturated rings. The molecule has 0 saturated carbocycles. The summed E-state index contributed by atoms with van der Waals surface area (Å²) in [5, 5.41) is 0. The fraction of sp³-hybridized carbons (Fsp3) is 0.953. The lowest BCUT2D eigenvalue weighted by Gasteiger charge is -2.18. The van der Waals surface area contributed by atoms with Crippen molar-refractivity contribution in [1.29, 1.82) is 0 Å². The first-order valence-electron chi connectivity index (χ1n) is 31.6. The van der Waals surface area contributed by atoms with Gasteiger partial charge in [0.05, 0.1) is 0 Å². The maximum atomic E-state index is 12.9. The van der Waals surface area contributed by atoms with E-state index in [-0.39, 0.29) is 31.1 Å². The monoisotopic (exact) mass is 989 g/mol. The molecule has 6 nitrogen and oxygen atoms in total. The maximum absolute atomic E-state index is 12.9. The summed E-state index contributed by atoms with van der Waals surface area (Å²) in [6.45, 7) is 13.8. The molecule has 0 aliphatic carbocycles. The highest BCUT2D eigenvalue weighted by atomic mass is 16.6. The molecule has 0 aromatic carbocycles. The molecule has 0 N–H and O–H groups in total. The Labute approximate surface area is 438 Å². The van der Waals surface area contributed by atoms with Gasteiger partial charge in [0.15, 0.2) is 6.10 Å². The van der Waals surface area contributed by atoms with Crippen molar-refractivity contribution in [3.05, 3.63) is 0 Å². The molecule has 0 heterocycles. The first kappa shape index (κ1) is 68.4. The first-order chi connectivity index (χ1) is 34.1. The molecule has 0 aliphatic heterocycles. The fourth-order valence-electron chi connectivity index (χ4n) is 9.85. The van der Waals surface area contributed by atoms with Gasteiger partial charge in [0, 0.05) is 19.3 Å². The van der Waals surface area contributed by atoms with E-state index in [4.69, 9.17) is 14.2 Å². The predicted octanol–water partition coefficient (Wildman–Crippen LogP) is 21.1. The highest BCUT2D eigenvalue weighted by molar-refractivity contribution is 5.71. The molecular weight excluding hydrogens is 865 g/mol. The van der Waals surface area contributed by atoms with E-state index in [1.165, 1.54) is 238 Å². The molecule has 0 bridgehead atoms. The Kier molecular flexibility index (Phi) is 53.9. The molecule has 0 aliphatic rings. The van der Waals surface area contributed by atoms with E-state index in [1.54, 1.807) is 0 Å². The summed E-state index contributed by atoms with van der Waals surface area (Å²) in [6, 6.07) is 0. The minimum atomic E-state index is -0.764. The number of rotatable bonds is 57. The topological polar surface area (TPSA) is 78.9 Å². The van der Waals surface area contributed by atoms with Crippen LogP contribution in [0.4, 0.5) is 0 Å². The summed E-state index contributed by atoms with van der Waals surface area (Å²) in [7, 11) is 0. The number of ether oxygens (including phenoxy) is 3. The molecule has 416 valence electrons. The van der Waals surface area contributed by atoms with Gasteiger partial charge in [0.2, 0.25) is 0 Å². The molecule has 0 amide bonds. The van der Waals surface area contributed by atoms with Gasteiger partial charge < -0.3 is 14.2 Å². The summed E-state index contributed by atoms with van der Waals surface area (Å²) < 4.78 is 16.9. The third-order valence-electron chi connectivity index (χ3n) is 15.0. The second kappa shape index (κ2) is 55.2. The molecule has 0 spiro atoms. The second-order valence-electron chi connectivity index (χ2n) is 23.2. The molecule has 2 atom stereocenters. The second-order valence-corrected chi connectivity index (χ2v) is 23.2. The number of carbonyl (C=O) groups excluding carboxylic acids is 3. The minimum absolute atomic E-state index is 0.0629. The van der Waals surface area contributed by atoms with Crippen molar-refractivity contribution in [1.82, 2.24) is 0 Å². The van der Waals surface area contributed by atoms with E-state index in [0.717, 1.165) is 75.5 Å². The maximum Gasteiger partial charge on any atom is 0.306 e. The number of hydrogen-bond donors (Lipinski definition) is 0. The van der Waals surface area contributed by atoms with Crippen molar-refractivity contribution in [2.24, 2.45) is 17.8 Å². The van der Waals surface area contributed by atoms with Crippen LogP contribution in [0, 0.1) is 17.8 Å². The Morgan fingerprint density at radius 3 is 0.743 bits per heavy atom. The van der Waals surface area contributed by atoms with Gasteiger partial charge in [0.25, 0.3) is 0 Å². The van der Waals surface area contributed by atoms with Crippen LogP contribution in [0.3, 0.4) is 0 Å². The van der Waals surface area contributed by atoms with Crippen molar-refractivity contribution in [3.63, 3.8) is 0 Å². The van der Waals surface area contributed by atoms with E-state index in [0.29, 0.717) is 19.3 Å². The Hall–Kier alpha value is -1.59. The van der Waals surface area contributed by atoms with Crippen molar-refractivity contribution in [2.75, 3.05) is 13.2 Å². The van der Waals surface area contributed by atoms with Crippen molar-refractivity contribution >= 4 is 17.9 Å². The molecule has 6 heteroatoms. The van der Waals surface area contributed by atoms with Crippen molar-refractivity contribution < 1.29 is 28.6 Å².